The minimum absolute atomic E-state index is 0.136. The van der Waals surface area contributed by atoms with Gasteiger partial charge >= 0.3 is 6.03 Å². The summed E-state index contributed by atoms with van der Waals surface area (Å²) < 4.78 is 5.52. The normalized spacial score (nSPS) is 13.8. The summed E-state index contributed by atoms with van der Waals surface area (Å²) in [6.45, 7) is 3.17. The number of rotatable bonds is 8. The number of aliphatic hydroxyl groups is 1. The van der Waals surface area contributed by atoms with E-state index in [1.165, 1.54) is 0 Å². The molecular formula is C16H23ClN2O3. The van der Waals surface area contributed by atoms with Crippen LogP contribution < -0.4 is 10.1 Å². The quantitative estimate of drug-likeness (QED) is 0.719. The average Bonchev–Trinajstić information content (AvgIpc) is 3.32. The Labute approximate surface area is 136 Å². The van der Waals surface area contributed by atoms with Crippen molar-refractivity contribution < 1.29 is 14.6 Å². The number of anilines is 1. The van der Waals surface area contributed by atoms with E-state index >= 15 is 0 Å². The summed E-state index contributed by atoms with van der Waals surface area (Å²) in [6.07, 6.45) is 3.59. The highest BCUT2D eigenvalue weighted by molar-refractivity contribution is 6.32. The number of aliphatic hydroxyl groups excluding tert-OH is 1. The highest BCUT2D eigenvalue weighted by Gasteiger charge is 2.32. The Kier molecular flexibility index (Phi) is 6.34. The molecule has 0 aromatic heterocycles. The van der Waals surface area contributed by atoms with Crippen molar-refractivity contribution in [3.8, 4) is 5.75 Å². The Balaban J connectivity index is 2.04. The summed E-state index contributed by atoms with van der Waals surface area (Å²) in [4.78, 5) is 14.3. The number of hydrogen-bond donors (Lipinski definition) is 2. The molecule has 0 unspecified atom stereocenters. The average molecular weight is 327 g/mol. The van der Waals surface area contributed by atoms with Gasteiger partial charge in [-0.15, -0.1) is 0 Å². The fourth-order valence-corrected chi connectivity index (χ4v) is 2.54. The van der Waals surface area contributed by atoms with Crippen LogP contribution in [0.3, 0.4) is 0 Å². The SMILES string of the molecule is CCOc1c(Cl)cccc1NC(=O)N(CCCCO)C1CC1. The third-order valence-corrected chi connectivity index (χ3v) is 3.85. The molecule has 0 heterocycles. The summed E-state index contributed by atoms with van der Waals surface area (Å²) in [6, 6.07) is 5.49. The third kappa shape index (κ3) is 4.52. The number of carbonyl (C=O) groups excluding carboxylic acids is 1. The molecule has 1 aliphatic carbocycles. The van der Waals surface area contributed by atoms with Gasteiger partial charge in [0, 0.05) is 19.2 Å². The van der Waals surface area contributed by atoms with Crippen LogP contribution in [0.2, 0.25) is 5.02 Å². The largest absolute Gasteiger partial charge is 0.490 e. The maximum Gasteiger partial charge on any atom is 0.322 e. The molecule has 0 aliphatic heterocycles. The Hall–Kier alpha value is -1.46. The van der Waals surface area contributed by atoms with Gasteiger partial charge in [0.25, 0.3) is 0 Å². The Morgan fingerprint density at radius 2 is 2.23 bits per heavy atom. The van der Waals surface area contributed by atoms with Crippen molar-refractivity contribution in [3.63, 3.8) is 0 Å². The van der Waals surface area contributed by atoms with Crippen LogP contribution in [0.25, 0.3) is 0 Å². The zero-order chi connectivity index (χ0) is 15.9. The van der Waals surface area contributed by atoms with Crippen molar-refractivity contribution in [2.75, 3.05) is 25.1 Å². The number of benzene rings is 1. The second-order valence-corrected chi connectivity index (χ2v) is 5.74. The lowest BCUT2D eigenvalue weighted by molar-refractivity contribution is 0.203. The van der Waals surface area contributed by atoms with E-state index in [-0.39, 0.29) is 12.6 Å². The second-order valence-electron chi connectivity index (χ2n) is 5.33. The van der Waals surface area contributed by atoms with Gasteiger partial charge in [-0.2, -0.15) is 0 Å². The molecule has 2 rings (SSSR count). The number of carbonyl (C=O) groups is 1. The smallest absolute Gasteiger partial charge is 0.322 e. The van der Waals surface area contributed by atoms with Crippen LogP contribution in [0.5, 0.6) is 5.75 Å². The van der Waals surface area contributed by atoms with Crippen LogP contribution in [-0.4, -0.2) is 41.8 Å². The van der Waals surface area contributed by atoms with E-state index in [0.717, 1.165) is 19.3 Å². The molecule has 0 bridgehead atoms. The van der Waals surface area contributed by atoms with E-state index in [2.05, 4.69) is 5.32 Å². The number of nitrogens with one attached hydrogen (secondary N) is 1. The first-order valence-electron chi connectivity index (χ1n) is 7.77. The van der Waals surface area contributed by atoms with Gasteiger partial charge in [-0.25, -0.2) is 4.79 Å². The van der Waals surface area contributed by atoms with E-state index in [9.17, 15) is 4.79 Å². The van der Waals surface area contributed by atoms with Crippen molar-refractivity contribution >= 4 is 23.3 Å². The molecule has 0 atom stereocenters. The fraction of sp³-hybridized carbons (Fsp3) is 0.562. The molecule has 0 spiro atoms. The van der Waals surface area contributed by atoms with Crippen LogP contribution in [0.1, 0.15) is 32.6 Å². The van der Waals surface area contributed by atoms with Gasteiger partial charge < -0.3 is 20.1 Å². The van der Waals surface area contributed by atoms with Crippen molar-refractivity contribution in [2.24, 2.45) is 0 Å². The fourth-order valence-electron chi connectivity index (χ4n) is 2.32. The van der Waals surface area contributed by atoms with Gasteiger partial charge in [-0.3, -0.25) is 0 Å². The first kappa shape index (κ1) is 16.9. The van der Waals surface area contributed by atoms with Crippen molar-refractivity contribution in [2.45, 2.75) is 38.6 Å². The number of urea groups is 1. The minimum atomic E-state index is -0.136. The van der Waals surface area contributed by atoms with Crippen LogP contribution in [0.15, 0.2) is 18.2 Å². The van der Waals surface area contributed by atoms with E-state index in [1.807, 2.05) is 11.8 Å². The van der Waals surface area contributed by atoms with Gasteiger partial charge in [-0.1, -0.05) is 17.7 Å². The molecule has 1 aromatic carbocycles. The molecule has 1 saturated carbocycles. The molecule has 122 valence electrons. The predicted molar refractivity (Wildman–Crippen MR) is 87.7 cm³/mol. The Morgan fingerprint density at radius 1 is 1.45 bits per heavy atom. The number of ether oxygens (including phenoxy) is 1. The highest BCUT2D eigenvalue weighted by atomic mass is 35.5. The number of para-hydroxylation sites is 1. The summed E-state index contributed by atoms with van der Waals surface area (Å²) in [5.74, 6) is 0.506. The van der Waals surface area contributed by atoms with Crippen molar-refractivity contribution in [3.05, 3.63) is 23.2 Å². The molecule has 6 heteroatoms. The predicted octanol–water partition coefficient (Wildman–Crippen LogP) is 3.51. The van der Waals surface area contributed by atoms with Crippen LogP contribution >= 0.6 is 11.6 Å². The van der Waals surface area contributed by atoms with Crippen molar-refractivity contribution in [1.29, 1.82) is 0 Å². The number of hydrogen-bond acceptors (Lipinski definition) is 3. The molecule has 1 fully saturated rings. The summed E-state index contributed by atoms with van der Waals surface area (Å²) >= 11 is 6.13. The molecule has 1 aliphatic rings. The number of amides is 2. The third-order valence-electron chi connectivity index (χ3n) is 3.55. The maximum absolute atomic E-state index is 12.5. The van der Waals surface area contributed by atoms with Gasteiger partial charge in [0.05, 0.1) is 17.3 Å². The molecule has 0 radical (unpaired) electrons. The topological polar surface area (TPSA) is 61.8 Å². The first-order valence-corrected chi connectivity index (χ1v) is 8.15. The van der Waals surface area contributed by atoms with E-state index in [4.69, 9.17) is 21.4 Å². The van der Waals surface area contributed by atoms with Gasteiger partial charge in [-0.05, 0) is 44.7 Å². The summed E-state index contributed by atoms with van der Waals surface area (Å²) in [5.41, 5.74) is 0.590. The Bertz CT molecular complexity index is 506. The number of nitrogens with zero attached hydrogens (tertiary/aromatic N) is 1. The molecule has 2 N–H and O–H groups in total. The molecule has 0 saturated heterocycles. The highest BCUT2D eigenvalue weighted by Crippen LogP contribution is 2.34. The number of halogens is 1. The number of unbranched alkanes of at least 4 members (excludes halogenated alkanes) is 1. The molecule has 5 nitrogen and oxygen atoms in total. The van der Waals surface area contributed by atoms with E-state index < -0.39 is 0 Å². The Morgan fingerprint density at radius 3 is 2.86 bits per heavy atom. The summed E-state index contributed by atoms with van der Waals surface area (Å²) in [7, 11) is 0. The lowest BCUT2D eigenvalue weighted by atomic mass is 10.3. The van der Waals surface area contributed by atoms with Gasteiger partial charge in [0.15, 0.2) is 5.75 Å². The lowest BCUT2D eigenvalue weighted by Crippen LogP contribution is -2.37. The first-order chi connectivity index (χ1) is 10.7. The van der Waals surface area contributed by atoms with Gasteiger partial charge in [0.1, 0.15) is 0 Å². The molecular weight excluding hydrogens is 304 g/mol. The minimum Gasteiger partial charge on any atom is -0.490 e. The monoisotopic (exact) mass is 326 g/mol. The lowest BCUT2D eigenvalue weighted by Gasteiger charge is -2.23. The molecule has 2 amide bonds. The zero-order valence-corrected chi connectivity index (χ0v) is 13.6. The second kappa shape index (κ2) is 8.25. The summed E-state index contributed by atoms with van der Waals surface area (Å²) in [5, 5.41) is 12.3. The zero-order valence-electron chi connectivity index (χ0n) is 12.8. The van der Waals surface area contributed by atoms with E-state index in [0.29, 0.717) is 42.1 Å². The molecule has 1 aromatic rings. The van der Waals surface area contributed by atoms with Gasteiger partial charge in [0.2, 0.25) is 0 Å². The van der Waals surface area contributed by atoms with E-state index in [1.54, 1.807) is 18.2 Å². The maximum atomic E-state index is 12.5. The molecule has 22 heavy (non-hydrogen) atoms. The van der Waals surface area contributed by atoms with Crippen LogP contribution in [-0.2, 0) is 0 Å². The van der Waals surface area contributed by atoms with Crippen LogP contribution in [0.4, 0.5) is 10.5 Å². The standard InChI is InChI=1S/C16H23ClN2O3/c1-2-22-15-13(17)6-5-7-14(15)18-16(21)19(12-8-9-12)10-3-4-11-20/h5-7,12,20H,2-4,8-11H2,1H3,(H,18,21). The van der Waals surface area contributed by atoms with Crippen molar-refractivity contribution in [1.82, 2.24) is 4.90 Å². The van der Waals surface area contributed by atoms with Crippen LogP contribution in [0, 0.1) is 0 Å².